The fourth-order valence-corrected chi connectivity index (χ4v) is 1.85. The second-order valence-corrected chi connectivity index (χ2v) is 4.14. The third-order valence-corrected chi connectivity index (χ3v) is 2.66. The molecule has 1 aromatic carbocycles. The Morgan fingerprint density at radius 3 is 2.94 bits per heavy atom. The molecule has 0 bridgehead atoms. The first-order valence-electron chi connectivity index (χ1n) is 5.85. The Kier molecular flexibility index (Phi) is 3.38. The molecule has 3 heteroatoms. The summed E-state index contributed by atoms with van der Waals surface area (Å²) in [5.74, 6) is 0.518. The number of imidazole rings is 1. The number of aromatic nitrogens is 2. The molecule has 2 rings (SSSR count). The number of ketones is 1. The molecule has 0 unspecified atom stereocenters. The third kappa shape index (κ3) is 2.44. The van der Waals surface area contributed by atoms with Gasteiger partial charge in [-0.05, 0) is 19.4 Å². The van der Waals surface area contributed by atoms with Crippen LogP contribution in [0.5, 0.6) is 0 Å². The van der Waals surface area contributed by atoms with Crippen LogP contribution < -0.4 is 0 Å². The molecular weight excluding hydrogens is 212 g/mol. The van der Waals surface area contributed by atoms with E-state index in [1.54, 1.807) is 6.20 Å². The predicted molar refractivity (Wildman–Crippen MR) is 67.1 cm³/mol. The number of hydrogen-bond donors (Lipinski definition) is 0. The van der Waals surface area contributed by atoms with Crippen LogP contribution in [-0.2, 0) is 6.54 Å². The van der Waals surface area contributed by atoms with Crippen LogP contribution in [0.1, 0.15) is 35.1 Å². The molecule has 0 N–H and O–H groups in total. The Bertz CT molecular complexity index is 529. The molecule has 0 radical (unpaired) electrons. The SMILES string of the molecule is CCCn1ccnc1C(=O)c1cccc(C)c1. The minimum atomic E-state index is -0.00727. The quantitative estimate of drug-likeness (QED) is 0.754. The van der Waals surface area contributed by atoms with Crippen molar-refractivity contribution in [2.45, 2.75) is 26.8 Å². The molecule has 0 amide bonds. The predicted octanol–water partition coefficient (Wildman–Crippen LogP) is 2.83. The first-order valence-corrected chi connectivity index (χ1v) is 5.85. The molecular formula is C14H16N2O. The zero-order chi connectivity index (χ0) is 12.3. The van der Waals surface area contributed by atoms with Crippen molar-refractivity contribution in [2.75, 3.05) is 0 Å². The van der Waals surface area contributed by atoms with Crippen molar-refractivity contribution >= 4 is 5.78 Å². The van der Waals surface area contributed by atoms with Gasteiger partial charge in [0, 0.05) is 24.5 Å². The maximum Gasteiger partial charge on any atom is 0.228 e. The summed E-state index contributed by atoms with van der Waals surface area (Å²) in [5, 5.41) is 0. The lowest BCUT2D eigenvalue weighted by Crippen LogP contribution is -2.11. The van der Waals surface area contributed by atoms with Crippen LogP contribution in [-0.4, -0.2) is 15.3 Å². The van der Waals surface area contributed by atoms with Crippen molar-refractivity contribution in [1.82, 2.24) is 9.55 Å². The van der Waals surface area contributed by atoms with E-state index < -0.39 is 0 Å². The highest BCUT2D eigenvalue weighted by Crippen LogP contribution is 2.10. The van der Waals surface area contributed by atoms with E-state index in [2.05, 4.69) is 11.9 Å². The molecule has 0 saturated carbocycles. The van der Waals surface area contributed by atoms with Crippen molar-refractivity contribution < 1.29 is 4.79 Å². The van der Waals surface area contributed by atoms with Crippen LogP contribution in [0.3, 0.4) is 0 Å². The summed E-state index contributed by atoms with van der Waals surface area (Å²) in [6.07, 6.45) is 4.52. The maximum absolute atomic E-state index is 12.3. The maximum atomic E-state index is 12.3. The summed E-state index contributed by atoms with van der Waals surface area (Å²) < 4.78 is 1.91. The summed E-state index contributed by atoms with van der Waals surface area (Å²) in [6.45, 7) is 4.89. The van der Waals surface area contributed by atoms with E-state index in [4.69, 9.17) is 0 Å². The van der Waals surface area contributed by atoms with Gasteiger partial charge >= 0.3 is 0 Å². The topological polar surface area (TPSA) is 34.9 Å². The average Bonchev–Trinajstić information content (AvgIpc) is 2.77. The molecule has 3 nitrogen and oxygen atoms in total. The second-order valence-electron chi connectivity index (χ2n) is 4.14. The number of aryl methyl sites for hydroxylation is 2. The van der Waals surface area contributed by atoms with Crippen molar-refractivity contribution in [3.63, 3.8) is 0 Å². The molecule has 0 fully saturated rings. The second kappa shape index (κ2) is 4.95. The van der Waals surface area contributed by atoms with Gasteiger partial charge < -0.3 is 4.57 Å². The van der Waals surface area contributed by atoms with E-state index in [9.17, 15) is 4.79 Å². The highest BCUT2D eigenvalue weighted by molar-refractivity contribution is 6.06. The van der Waals surface area contributed by atoms with Crippen LogP contribution in [0.25, 0.3) is 0 Å². The van der Waals surface area contributed by atoms with Gasteiger partial charge in [-0.2, -0.15) is 0 Å². The van der Waals surface area contributed by atoms with Crippen LogP contribution in [0.2, 0.25) is 0 Å². The Morgan fingerprint density at radius 2 is 2.24 bits per heavy atom. The molecule has 1 heterocycles. The average molecular weight is 228 g/mol. The Labute approximate surface area is 101 Å². The number of carbonyl (C=O) groups is 1. The van der Waals surface area contributed by atoms with Gasteiger partial charge in [0.2, 0.25) is 5.78 Å². The lowest BCUT2D eigenvalue weighted by atomic mass is 10.1. The van der Waals surface area contributed by atoms with Crippen LogP contribution in [0, 0.1) is 6.92 Å². The minimum Gasteiger partial charge on any atom is -0.328 e. The van der Waals surface area contributed by atoms with Gasteiger partial charge in [-0.25, -0.2) is 4.98 Å². The molecule has 0 aliphatic heterocycles. The minimum absolute atomic E-state index is 0.00727. The van der Waals surface area contributed by atoms with E-state index >= 15 is 0 Å². The summed E-state index contributed by atoms with van der Waals surface area (Å²) in [5.41, 5.74) is 1.79. The molecule has 0 aliphatic carbocycles. The monoisotopic (exact) mass is 228 g/mol. The molecule has 88 valence electrons. The number of hydrogen-bond acceptors (Lipinski definition) is 2. The van der Waals surface area contributed by atoms with Crippen LogP contribution in [0.4, 0.5) is 0 Å². The number of nitrogens with zero attached hydrogens (tertiary/aromatic N) is 2. The smallest absolute Gasteiger partial charge is 0.228 e. The van der Waals surface area contributed by atoms with Gasteiger partial charge in [0.25, 0.3) is 0 Å². The Hall–Kier alpha value is -1.90. The van der Waals surface area contributed by atoms with Crippen molar-refractivity contribution in [2.24, 2.45) is 0 Å². The lowest BCUT2D eigenvalue weighted by Gasteiger charge is -2.05. The van der Waals surface area contributed by atoms with E-state index in [0.29, 0.717) is 11.4 Å². The van der Waals surface area contributed by atoms with Crippen LogP contribution in [0.15, 0.2) is 36.7 Å². The zero-order valence-corrected chi connectivity index (χ0v) is 10.2. The summed E-state index contributed by atoms with van der Waals surface area (Å²) in [6, 6.07) is 7.61. The molecule has 0 saturated heterocycles. The summed E-state index contributed by atoms with van der Waals surface area (Å²) >= 11 is 0. The lowest BCUT2D eigenvalue weighted by molar-refractivity contribution is 0.102. The third-order valence-electron chi connectivity index (χ3n) is 2.66. The highest BCUT2D eigenvalue weighted by Gasteiger charge is 2.14. The van der Waals surface area contributed by atoms with E-state index in [-0.39, 0.29) is 5.78 Å². The Morgan fingerprint density at radius 1 is 1.41 bits per heavy atom. The molecule has 0 aliphatic rings. The molecule has 0 spiro atoms. The number of benzene rings is 1. The van der Waals surface area contributed by atoms with Gasteiger partial charge in [-0.15, -0.1) is 0 Å². The van der Waals surface area contributed by atoms with Gasteiger partial charge in [0.05, 0.1) is 0 Å². The van der Waals surface area contributed by atoms with Gasteiger partial charge in [-0.3, -0.25) is 4.79 Å². The highest BCUT2D eigenvalue weighted by atomic mass is 16.1. The van der Waals surface area contributed by atoms with Crippen molar-refractivity contribution in [3.8, 4) is 0 Å². The number of rotatable bonds is 4. The molecule has 1 aromatic heterocycles. The molecule has 2 aromatic rings. The summed E-state index contributed by atoms with van der Waals surface area (Å²) in [4.78, 5) is 16.4. The van der Waals surface area contributed by atoms with Crippen molar-refractivity contribution in [1.29, 1.82) is 0 Å². The summed E-state index contributed by atoms with van der Waals surface area (Å²) in [7, 11) is 0. The van der Waals surface area contributed by atoms with Gasteiger partial charge in [-0.1, -0.05) is 30.7 Å². The van der Waals surface area contributed by atoms with E-state index in [0.717, 1.165) is 18.5 Å². The largest absolute Gasteiger partial charge is 0.328 e. The van der Waals surface area contributed by atoms with Crippen molar-refractivity contribution in [3.05, 3.63) is 53.6 Å². The van der Waals surface area contributed by atoms with E-state index in [1.165, 1.54) is 0 Å². The van der Waals surface area contributed by atoms with Crippen LogP contribution >= 0.6 is 0 Å². The van der Waals surface area contributed by atoms with Gasteiger partial charge in [0.15, 0.2) is 5.82 Å². The number of carbonyl (C=O) groups excluding carboxylic acids is 1. The Balaban J connectivity index is 2.33. The van der Waals surface area contributed by atoms with Gasteiger partial charge in [0.1, 0.15) is 0 Å². The fourth-order valence-electron chi connectivity index (χ4n) is 1.85. The normalized spacial score (nSPS) is 10.5. The molecule has 17 heavy (non-hydrogen) atoms. The van der Waals surface area contributed by atoms with E-state index in [1.807, 2.05) is 42.0 Å². The first kappa shape index (κ1) is 11.6. The fraction of sp³-hybridized carbons (Fsp3) is 0.286. The first-order chi connectivity index (χ1) is 8.22. The zero-order valence-electron chi connectivity index (χ0n) is 10.2. The molecule has 0 atom stereocenters. The standard InChI is InChI=1S/C14H16N2O/c1-3-8-16-9-7-15-14(16)13(17)12-6-4-5-11(2)10-12/h4-7,9-10H,3,8H2,1-2H3.